The van der Waals surface area contributed by atoms with E-state index in [-0.39, 0.29) is 5.82 Å². The fourth-order valence-corrected chi connectivity index (χ4v) is 2.30. The van der Waals surface area contributed by atoms with Crippen LogP contribution >= 0.6 is 15.9 Å². The van der Waals surface area contributed by atoms with Crippen molar-refractivity contribution in [3.63, 3.8) is 0 Å². The van der Waals surface area contributed by atoms with Gasteiger partial charge in [-0.05, 0) is 29.8 Å². The van der Waals surface area contributed by atoms with E-state index in [1.807, 2.05) is 18.2 Å². The molecule has 0 spiro atoms. The van der Waals surface area contributed by atoms with Crippen LogP contribution in [0.3, 0.4) is 0 Å². The summed E-state index contributed by atoms with van der Waals surface area (Å²) in [5, 5.41) is 3.34. The van der Waals surface area contributed by atoms with E-state index in [0.29, 0.717) is 13.2 Å². The second kappa shape index (κ2) is 6.68. The molecule has 0 aromatic heterocycles. The van der Waals surface area contributed by atoms with Crippen molar-refractivity contribution < 1.29 is 9.13 Å². The largest absolute Gasteiger partial charge is 0.381 e. The molecule has 0 amide bonds. The lowest BCUT2D eigenvalue weighted by Gasteiger charge is -2.13. The van der Waals surface area contributed by atoms with Crippen LogP contribution in [0.4, 0.5) is 10.1 Å². The zero-order valence-corrected chi connectivity index (χ0v) is 12.2. The van der Waals surface area contributed by atoms with Crippen LogP contribution in [0.2, 0.25) is 0 Å². The molecule has 100 valence electrons. The van der Waals surface area contributed by atoms with Crippen LogP contribution in [0, 0.1) is 5.82 Å². The van der Waals surface area contributed by atoms with Crippen molar-refractivity contribution in [3.05, 3.63) is 63.9 Å². The quantitative estimate of drug-likeness (QED) is 0.883. The van der Waals surface area contributed by atoms with Crippen molar-refractivity contribution in [2.45, 2.75) is 13.2 Å². The van der Waals surface area contributed by atoms with Gasteiger partial charge in [-0.15, -0.1) is 0 Å². The Morgan fingerprint density at radius 3 is 2.58 bits per heavy atom. The SMILES string of the molecule is COCc1c(Br)cccc1NCc1ccc(F)cc1. The summed E-state index contributed by atoms with van der Waals surface area (Å²) in [5.41, 5.74) is 3.12. The summed E-state index contributed by atoms with van der Waals surface area (Å²) in [6.07, 6.45) is 0. The zero-order chi connectivity index (χ0) is 13.7. The summed E-state index contributed by atoms with van der Waals surface area (Å²) in [5.74, 6) is -0.216. The molecule has 0 radical (unpaired) electrons. The number of anilines is 1. The Kier molecular flexibility index (Phi) is 4.93. The van der Waals surface area contributed by atoms with E-state index in [0.717, 1.165) is 21.3 Å². The fourth-order valence-electron chi connectivity index (χ4n) is 1.81. The van der Waals surface area contributed by atoms with E-state index in [2.05, 4.69) is 21.2 Å². The summed E-state index contributed by atoms with van der Waals surface area (Å²) in [6, 6.07) is 12.4. The standard InChI is InChI=1S/C15H15BrFNO/c1-19-10-13-14(16)3-2-4-15(13)18-9-11-5-7-12(17)8-6-11/h2-8,18H,9-10H2,1H3. The smallest absolute Gasteiger partial charge is 0.123 e. The maximum Gasteiger partial charge on any atom is 0.123 e. The monoisotopic (exact) mass is 323 g/mol. The molecule has 19 heavy (non-hydrogen) atoms. The van der Waals surface area contributed by atoms with Crippen molar-refractivity contribution in [2.24, 2.45) is 0 Å². The molecule has 0 aliphatic carbocycles. The van der Waals surface area contributed by atoms with Crippen molar-refractivity contribution in [1.82, 2.24) is 0 Å². The van der Waals surface area contributed by atoms with E-state index >= 15 is 0 Å². The molecule has 2 aromatic carbocycles. The Morgan fingerprint density at radius 1 is 1.16 bits per heavy atom. The molecule has 0 bridgehead atoms. The lowest BCUT2D eigenvalue weighted by molar-refractivity contribution is 0.185. The topological polar surface area (TPSA) is 21.3 Å². The second-order valence-electron chi connectivity index (χ2n) is 4.18. The number of hydrogen-bond donors (Lipinski definition) is 1. The van der Waals surface area contributed by atoms with Crippen molar-refractivity contribution >= 4 is 21.6 Å². The molecule has 0 atom stereocenters. The third-order valence-corrected chi connectivity index (χ3v) is 3.55. The first-order valence-corrected chi connectivity index (χ1v) is 6.74. The first-order chi connectivity index (χ1) is 9.20. The minimum absolute atomic E-state index is 0.216. The third-order valence-electron chi connectivity index (χ3n) is 2.80. The van der Waals surface area contributed by atoms with E-state index in [9.17, 15) is 4.39 Å². The third kappa shape index (κ3) is 3.78. The second-order valence-corrected chi connectivity index (χ2v) is 5.03. The minimum Gasteiger partial charge on any atom is -0.381 e. The number of methoxy groups -OCH3 is 1. The van der Waals surface area contributed by atoms with Gasteiger partial charge in [-0.1, -0.05) is 34.1 Å². The molecule has 0 unspecified atom stereocenters. The van der Waals surface area contributed by atoms with Gasteiger partial charge in [0.15, 0.2) is 0 Å². The van der Waals surface area contributed by atoms with Crippen molar-refractivity contribution in [2.75, 3.05) is 12.4 Å². The number of nitrogens with one attached hydrogen (secondary N) is 1. The predicted molar refractivity (Wildman–Crippen MR) is 78.6 cm³/mol. The van der Waals surface area contributed by atoms with Crippen molar-refractivity contribution in [3.8, 4) is 0 Å². The van der Waals surface area contributed by atoms with Crippen LogP contribution in [0.1, 0.15) is 11.1 Å². The van der Waals surface area contributed by atoms with Crippen LogP contribution < -0.4 is 5.32 Å². The Morgan fingerprint density at radius 2 is 1.89 bits per heavy atom. The van der Waals surface area contributed by atoms with Crippen LogP contribution in [-0.2, 0) is 17.9 Å². The van der Waals surface area contributed by atoms with E-state index in [1.165, 1.54) is 12.1 Å². The molecule has 2 aromatic rings. The Balaban J connectivity index is 2.10. The first kappa shape index (κ1) is 14.0. The Hall–Kier alpha value is -1.39. The normalized spacial score (nSPS) is 10.5. The van der Waals surface area contributed by atoms with Gasteiger partial charge in [0.05, 0.1) is 6.61 Å². The van der Waals surface area contributed by atoms with Gasteiger partial charge in [-0.25, -0.2) is 4.39 Å². The molecule has 0 saturated carbocycles. The molecule has 0 fully saturated rings. The lowest BCUT2D eigenvalue weighted by atomic mass is 10.1. The van der Waals surface area contributed by atoms with Gasteiger partial charge < -0.3 is 10.1 Å². The highest BCUT2D eigenvalue weighted by Crippen LogP contribution is 2.26. The number of rotatable bonds is 5. The molecule has 2 nitrogen and oxygen atoms in total. The van der Waals surface area contributed by atoms with Gasteiger partial charge in [0.2, 0.25) is 0 Å². The van der Waals surface area contributed by atoms with Gasteiger partial charge in [-0.3, -0.25) is 0 Å². The van der Waals surface area contributed by atoms with Crippen LogP contribution in [0.15, 0.2) is 46.9 Å². The Bertz CT molecular complexity index is 542. The highest BCUT2D eigenvalue weighted by Gasteiger charge is 2.06. The average molecular weight is 324 g/mol. The van der Waals surface area contributed by atoms with E-state index < -0.39 is 0 Å². The summed E-state index contributed by atoms with van der Waals surface area (Å²) >= 11 is 3.51. The Labute approximate surface area is 120 Å². The lowest BCUT2D eigenvalue weighted by Crippen LogP contribution is -2.03. The molecule has 0 saturated heterocycles. The number of halogens is 2. The summed E-state index contributed by atoms with van der Waals surface area (Å²) < 4.78 is 19.0. The fraction of sp³-hybridized carbons (Fsp3) is 0.200. The van der Waals surface area contributed by atoms with E-state index in [4.69, 9.17) is 4.74 Å². The maximum atomic E-state index is 12.8. The van der Waals surface area contributed by atoms with Gasteiger partial charge in [0.1, 0.15) is 5.82 Å². The molecule has 2 rings (SSSR count). The van der Waals surface area contributed by atoms with Gasteiger partial charge >= 0.3 is 0 Å². The van der Waals surface area contributed by atoms with Gasteiger partial charge in [0.25, 0.3) is 0 Å². The maximum absolute atomic E-state index is 12.8. The molecular formula is C15H15BrFNO. The van der Waals surface area contributed by atoms with Gasteiger partial charge in [-0.2, -0.15) is 0 Å². The number of hydrogen-bond acceptors (Lipinski definition) is 2. The van der Waals surface area contributed by atoms with Gasteiger partial charge in [0, 0.05) is 29.4 Å². The van der Waals surface area contributed by atoms with Crippen LogP contribution in [0.25, 0.3) is 0 Å². The van der Waals surface area contributed by atoms with Crippen molar-refractivity contribution in [1.29, 1.82) is 0 Å². The minimum atomic E-state index is -0.216. The van der Waals surface area contributed by atoms with E-state index in [1.54, 1.807) is 19.2 Å². The summed E-state index contributed by atoms with van der Waals surface area (Å²) in [4.78, 5) is 0. The first-order valence-electron chi connectivity index (χ1n) is 5.95. The average Bonchev–Trinajstić information content (AvgIpc) is 2.41. The van der Waals surface area contributed by atoms with Crippen LogP contribution in [-0.4, -0.2) is 7.11 Å². The highest BCUT2D eigenvalue weighted by atomic mass is 79.9. The zero-order valence-electron chi connectivity index (χ0n) is 10.6. The molecule has 0 aliphatic heterocycles. The van der Waals surface area contributed by atoms with Crippen LogP contribution in [0.5, 0.6) is 0 Å². The summed E-state index contributed by atoms with van der Waals surface area (Å²) in [6.45, 7) is 1.18. The molecule has 1 N–H and O–H groups in total. The number of benzene rings is 2. The molecular weight excluding hydrogens is 309 g/mol. The number of ether oxygens (including phenoxy) is 1. The summed E-state index contributed by atoms with van der Waals surface area (Å²) in [7, 11) is 1.67. The molecule has 0 heterocycles. The molecule has 4 heteroatoms. The highest BCUT2D eigenvalue weighted by molar-refractivity contribution is 9.10. The molecule has 0 aliphatic rings. The predicted octanol–water partition coefficient (Wildman–Crippen LogP) is 4.35.